The summed E-state index contributed by atoms with van der Waals surface area (Å²) in [5, 5.41) is 0. The van der Waals surface area contributed by atoms with E-state index in [1.54, 1.807) is 6.92 Å². The molecule has 4 nitrogen and oxygen atoms in total. The molecule has 0 aromatic heterocycles. The average molecular weight is 302 g/mol. The van der Waals surface area contributed by atoms with Crippen LogP contribution < -0.4 is 4.90 Å². The number of nitrogens with zero attached hydrogens (tertiary/aromatic N) is 2. The molecule has 22 heavy (non-hydrogen) atoms. The van der Waals surface area contributed by atoms with E-state index in [0.29, 0.717) is 6.04 Å². The van der Waals surface area contributed by atoms with E-state index in [1.165, 1.54) is 5.69 Å². The van der Waals surface area contributed by atoms with Crippen LogP contribution in [0.2, 0.25) is 0 Å². The quantitative estimate of drug-likeness (QED) is 0.860. The zero-order chi connectivity index (χ0) is 15.6. The van der Waals surface area contributed by atoms with Crippen molar-refractivity contribution >= 4 is 11.6 Å². The van der Waals surface area contributed by atoms with E-state index in [9.17, 15) is 4.79 Å². The highest BCUT2D eigenvalue weighted by molar-refractivity contribution is 5.73. The minimum absolute atomic E-state index is 0.0151. The Morgan fingerprint density at radius 1 is 1.32 bits per heavy atom. The highest BCUT2D eigenvalue weighted by Gasteiger charge is 2.44. The van der Waals surface area contributed by atoms with Gasteiger partial charge in [-0.25, -0.2) is 0 Å². The number of likely N-dealkylation sites (N-methyl/N-ethyl adjacent to an activating group) is 1. The summed E-state index contributed by atoms with van der Waals surface area (Å²) in [5.74, 6) is 0.184. The van der Waals surface area contributed by atoms with Gasteiger partial charge in [-0.15, -0.1) is 0 Å². The van der Waals surface area contributed by atoms with Crippen LogP contribution in [-0.2, 0) is 9.53 Å². The molecule has 1 aromatic carbocycles. The lowest BCUT2D eigenvalue weighted by Gasteiger charge is -2.38. The van der Waals surface area contributed by atoms with Gasteiger partial charge in [0.15, 0.2) is 0 Å². The summed E-state index contributed by atoms with van der Waals surface area (Å²) in [7, 11) is 0. The molecule has 1 spiro atoms. The summed E-state index contributed by atoms with van der Waals surface area (Å²) in [6, 6.07) is 11.0. The maximum Gasteiger partial charge on any atom is 0.219 e. The highest BCUT2D eigenvalue weighted by atomic mass is 16.5. The maximum atomic E-state index is 11.5. The molecule has 2 saturated heterocycles. The van der Waals surface area contributed by atoms with E-state index >= 15 is 0 Å². The fraction of sp³-hybridized carbons (Fsp3) is 0.611. The largest absolute Gasteiger partial charge is 0.373 e. The maximum absolute atomic E-state index is 11.5. The molecule has 0 radical (unpaired) electrons. The van der Waals surface area contributed by atoms with Crippen LogP contribution in [0, 0.1) is 0 Å². The normalized spacial score (nSPS) is 23.7. The highest BCUT2D eigenvalue weighted by Crippen LogP contribution is 2.38. The third-order valence-electron chi connectivity index (χ3n) is 5.18. The van der Waals surface area contributed by atoms with Crippen LogP contribution in [0.1, 0.15) is 33.1 Å². The fourth-order valence-corrected chi connectivity index (χ4v) is 3.87. The summed E-state index contributed by atoms with van der Waals surface area (Å²) in [6.45, 7) is 7.32. The number of para-hydroxylation sites is 1. The summed E-state index contributed by atoms with van der Waals surface area (Å²) in [5.41, 5.74) is 1.26. The number of hydrogen-bond donors (Lipinski definition) is 0. The van der Waals surface area contributed by atoms with Crippen molar-refractivity contribution in [1.82, 2.24) is 4.90 Å². The second-order valence-corrected chi connectivity index (χ2v) is 6.48. The van der Waals surface area contributed by atoms with Gasteiger partial charge in [0.1, 0.15) is 0 Å². The minimum Gasteiger partial charge on any atom is -0.373 e. The predicted molar refractivity (Wildman–Crippen MR) is 88.0 cm³/mol. The lowest BCUT2D eigenvalue weighted by Crippen LogP contribution is -2.46. The average Bonchev–Trinajstić information content (AvgIpc) is 2.93. The Morgan fingerprint density at radius 2 is 2.00 bits per heavy atom. The summed E-state index contributed by atoms with van der Waals surface area (Å²) < 4.78 is 6.25. The van der Waals surface area contributed by atoms with Crippen molar-refractivity contribution in [2.75, 3.05) is 31.1 Å². The van der Waals surface area contributed by atoms with E-state index in [2.05, 4.69) is 42.2 Å². The number of likely N-dealkylation sites (tertiary alicyclic amines) is 1. The van der Waals surface area contributed by atoms with Crippen LogP contribution in [0.3, 0.4) is 0 Å². The number of ether oxygens (including phenoxy) is 1. The predicted octanol–water partition coefficient (Wildman–Crippen LogP) is 2.68. The number of amides is 1. The van der Waals surface area contributed by atoms with Crippen molar-refractivity contribution in [3.63, 3.8) is 0 Å². The van der Waals surface area contributed by atoms with Gasteiger partial charge in [-0.2, -0.15) is 0 Å². The number of rotatable bonds is 3. The summed E-state index contributed by atoms with van der Waals surface area (Å²) in [6.07, 6.45) is 3.01. The van der Waals surface area contributed by atoms with Gasteiger partial charge < -0.3 is 14.5 Å². The Morgan fingerprint density at radius 3 is 2.59 bits per heavy atom. The van der Waals surface area contributed by atoms with Gasteiger partial charge in [0.25, 0.3) is 0 Å². The minimum atomic E-state index is -0.0151. The Labute approximate surface area is 133 Å². The molecule has 2 aliphatic heterocycles. The van der Waals surface area contributed by atoms with Crippen molar-refractivity contribution in [1.29, 1.82) is 0 Å². The molecular formula is C18H26N2O2. The Balaban J connectivity index is 1.66. The molecule has 4 heteroatoms. The lowest BCUT2D eigenvalue weighted by molar-refractivity contribution is -0.133. The van der Waals surface area contributed by atoms with Gasteiger partial charge in [0.05, 0.1) is 18.2 Å². The van der Waals surface area contributed by atoms with Gasteiger partial charge in [-0.3, -0.25) is 4.79 Å². The number of carbonyl (C=O) groups is 1. The Bertz CT molecular complexity index is 509. The molecule has 0 saturated carbocycles. The molecule has 120 valence electrons. The zero-order valence-corrected chi connectivity index (χ0v) is 13.6. The molecule has 2 aliphatic rings. The second kappa shape index (κ2) is 6.29. The van der Waals surface area contributed by atoms with Crippen molar-refractivity contribution in [2.24, 2.45) is 0 Å². The zero-order valence-electron chi connectivity index (χ0n) is 13.6. The van der Waals surface area contributed by atoms with Gasteiger partial charge >= 0.3 is 0 Å². The molecular weight excluding hydrogens is 276 g/mol. The summed E-state index contributed by atoms with van der Waals surface area (Å²) >= 11 is 0. The van der Waals surface area contributed by atoms with Crippen molar-refractivity contribution in [2.45, 2.75) is 44.8 Å². The lowest BCUT2D eigenvalue weighted by atomic mass is 9.87. The monoisotopic (exact) mass is 302 g/mol. The smallest absolute Gasteiger partial charge is 0.219 e. The molecule has 2 fully saturated rings. The first-order chi connectivity index (χ1) is 10.6. The number of carbonyl (C=O) groups excluding carboxylic acids is 1. The van der Waals surface area contributed by atoms with Gasteiger partial charge in [-0.1, -0.05) is 18.2 Å². The molecule has 2 heterocycles. The first-order valence-corrected chi connectivity index (χ1v) is 8.35. The first-order valence-electron chi connectivity index (χ1n) is 8.35. The topological polar surface area (TPSA) is 32.8 Å². The van der Waals surface area contributed by atoms with E-state index in [-0.39, 0.29) is 11.5 Å². The molecule has 3 rings (SSSR count). The fourth-order valence-electron chi connectivity index (χ4n) is 3.87. The van der Waals surface area contributed by atoms with Gasteiger partial charge in [-0.05, 0) is 38.3 Å². The second-order valence-electron chi connectivity index (χ2n) is 6.48. The molecule has 0 bridgehead atoms. The van der Waals surface area contributed by atoms with Crippen molar-refractivity contribution < 1.29 is 9.53 Å². The summed E-state index contributed by atoms with van der Waals surface area (Å²) in [4.78, 5) is 15.9. The Kier molecular flexibility index (Phi) is 4.39. The SMILES string of the molecule is CCN(c1ccccc1)C1COC2(CCN(C(C)=O)CC2)C1. The number of anilines is 1. The van der Waals surface area contributed by atoms with Crippen LogP contribution in [-0.4, -0.2) is 48.7 Å². The molecule has 0 N–H and O–H groups in total. The molecule has 0 aliphatic carbocycles. The van der Waals surface area contributed by atoms with Crippen LogP contribution in [0.4, 0.5) is 5.69 Å². The van der Waals surface area contributed by atoms with Crippen molar-refractivity contribution in [3.05, 3.63) is 30.3 Å². The van der Waals surface area contributed by atoms with Crippen LogP contribution in [0.5, 0.6) is 0 Å². The molecule has 1 amide bonds. The molecule has 1 aromatic rings. The van der Waals surface area contributed by atoms with Gasteiger partial charge in [0.2, 0.25) is 5.91 Å². The van der Waals surface area contributed by atoms with Gasteiger partial charge in [0, 0.05) is 32.2 Å². The molecule has 1 atom stereocenters. The van der Waals surface area contributed by atoms with E-state index in [4.69, 9.17) is 4.74 Å². The number of hydrogen-bond acceptors (Lipinski definition) is 3. The third kappa shape index (κ3) is 2.98. The molecule has 1 unspecified atom stereocenters. The van der Waals surface area contributed by atoms with E-state index in [0.717, 1.165) is 45.5 Å². The van der Waals surface area contributed by atoms with E-state index < -0.39 is 0 Å². The van der Waals surface area contributed by atoms with Crippen LogP contribution >= 0.6 is 0 Å². The number of benzene rings is 1. The van der Waals surface area contributed by atoms with Crippen LogP contribution in [0.25, 0.3) is 0 Å². The number of piperidine rings is 1. The van der Waals surface area contributed by atoms with Crippen LogP contribution in [0.15, 0.2) is 30.3 Å². The third-order valence-corrected chi connectivity index (χ3v) is 5.18. The van der Waals surface area contributed by atoms with Crippen molar-refractivity contribution in [3.8, 4) is 0 Å². The standard InChI is InChI=1S/C18H26N2O2/c1-3-20(16-7-5-4-6-8-16)17-13-18(22-14-17)9-11-19(12-10-18)15(2)21/h4-8,17H,3,9-14H2,1-2H3. The Hall–Kier alpha value is -1.55. The van der Waals surface area contributed by atoms with E-state index in [1.807, 2.05) is 4.90 Å². The first kappa shape index (κ1) is 15.3.